The largest absolute Gasteiger partial charge is 0.330 e. The van der Waals surface area contributed by atoms with E-state index in [4.69, 9.17) is 9.05 Å². The molecule has 0 aliphatic rings. The smallest absolute Gasteiger partial charge is 0.312 e. The molecule has 0 rings (SSSR count). The lowest BCUT2D eigenvalue weighted by Gasteiger charge is -2.24. The molecular formula is C17H37O3P. The van der Waals surface area contributed by atoms with Crippen molar-refractivity contribution in [2.75, 3.05) is 19.9 Å². The molecule has 0 amide bonds. The van der Waals surface area contributed by atoms with E-state index < -0.39 is 7.60 Å². The highest BCUT2D eigenvalue weighted by Crippen LogP contribution is 2.50. The minimum Gasteiger partial charge on any atom is -0.312 e. The zero-order valence-electron chi connectivity index (χ0n) is 14.9. The molecule has 0 fully saturated rings. The van der Waals surface area contributed by atoms with E-state index in [9.17, 15) is 4.57 Å². The second-order valence-corrected chi connectivity index (χ2v) is 8.32. The van der Waals surface area contributed by atoms with Crippen LogP contribution in [0.5, 0.6) is 0 Å². The van der Waals surface area contributed by atoms with Gasteiger partial charge in [-0.05, 0) is 24.7 Å². The van der Waals surface area contributed by atoms with Crippen LogP contribution < -0.4 is 0 Å². The van der Waals surface area contributed by atoms with E-state index >= 15 is 0 Å². The first-order chi connectivity index (χ1) is 10.0. The number of hydrogen-bond donors (Lipinski definition) is 0. The van der Waals surface area contributed by atoms with Crippen LogP contribution in [0.15, 0.2) is 0 Å². The minimum absolute atomic E-state index is 0.450. The molecule has 0 aromatic heterocycles. The lowest BCUT2D eigenvalue weighted by atomic mass is 10.0. The van der Waals surface area contributed by atoms with E-state index in [0.717, 1.165) is 25.7 Å². The third-order valence-corrected chi connectivity index (χ3v) is 6.42. The summed E-state index contributed by atoms with van der Waals surface area (Å²) in [4.78, 5) is 0. The number of rotatable bonds is 14. The SMILES string of the molecule is CCCCC(CC)COP(=O)(CC(CC)CCCC)OC. The van der Waals surface area contributed by atoms with E-state index in [-0.39, 0.29) is 0 Å². The Labute approximate surface area is 132 Å². The van der Waals surface area contributed by atoms with Crippen molar-refractivity contribution in [3.8, 4) is 0 Å². The second-order valence-electron chi connectivity index (χ2n) is 6.10. The molecule has 128 valence electrons. The van der Waals surface area contributed by atoms with Gasteiger partial charge in [-0.15, -0.1) is 0 Å². The Morgan fingerprint density at radius 2 is 1.43 bits per heavy atom. The molecule has 3 nitrogen and oxygen atoms in total. The Morgan fingerprint density at radius 1 is 0.905 bits per heavy atom. The van der Waals surface area contributed by atoms with Crippen LogP contribution in [0.25, 0.3) is 0 Å². The summed E-state index contributed by atoms with van der Waals surface area (Å²) in [6, 6.07) is 0. The second kappa shape index (κ2) is 12.7. The average molecular weight is 320 g/mol. The molecule has 0 aliphatic heterocycles. The molecule has 0 heterocycles. The minimum atomic E-state index is -2.91. The quantitative estimate of drug-likeness (QED) is 0.353. The van der Waals surface area contributed by atoms with Gasteiger partial charge in [0.2, 0.25) is 0 Å². The normalized spacial score (nSPS) is 17.4. The van der Waals surface area contributed by atoms with Crippen LogP contribution >= 0.6 is 7.60 Å². The summed E-state index contributed by atoms with van der Waals surface area (Å²) >= 11 is 0. The van der Waals surface area contributed by atoms with Gasteiger partial charge in [0.1, 0.15) is 0 Å². The Kier molecular flexibility index (Phi) is 12.8. The van der Waals surface area contributed by atoms with E-state index in [0.29, 0.717) is 24.6 Å². The van der Waals surface area contributed by atoms with Crippen molar-refractivity contribution in [3.05, 3.63) is 0 Å². The summed E-state index contributed by atoms with van der Waals surface area (Å²) in [7, 11) is -1.38. The lowest BCUT2D eigenvalue weighted by molar-refractivity contribution is 0.185. The first-order valence-electron chi connectivity index (χ1n) is 8.84. The molecule has 3 atom stereocenters. The molecule has 0 aromatic carbocycles. The van der Waals surface area contributed by atoms with E-state index in [1.165, 1.54) is 32.8 Å². The zero-order chi connectivity index (χ0) is 16.1. The van der Waals surface area contributed by atoms with Gasteiger partial charge in [0.15, 0.2) is 0 Å². The van der Waals surface area contributed by atoms with Gasteiger partial charge in [-0.1, -0.05) is 66.2 Å². The van der Waals surface area contributed by atoms with Gasteiger partial charge in [0, 0.05) is 7.11 Å². The van der Waals surface area contributed by atoms with Crippen LogP contribution in [0.2, 0.25) is 0 Å². The number of unbranched alkanes of at least 4 members (excludes halogenated alkanes) is 2. The molecule has 0 saturated carbocycles. The fourth-order valence-electron chi connectivity index (χ4n) is 2.53. The Morgan fingerprint density at radius 3 is 1.86 bits per heavy atom. The molecule has 4 heteroatoms. The summed E-state index contributed by atoms with van der Waals surface area (Å²) in [6.07, 6.45) is 9.77. The highest BCUT2D eigenvalue weighted by Gasteiger charge is 2.28. The molecule has 0 radical (unpaired) electrons. The van der Waals surface area contributed by atoms with Crippen LogP contribution in [0.1, 0.15) is 79.1 Å². The lowest BCUT2D eigenvalue weighted by Crippen LogP contribution is -2.13. The van der Waals surface area contributed by atoms with Gasteiger partial charge in [-0.3, -0.25) is 4.57 Å². The zero-order valence-corrected chi connectivity index (χ0v) is 15.8. The Hall–Kier alpha value is 0.150. The molecule has 0 aromatic rings. The topological polar surface area (TPSA) is 35.5 Å². The molecule has 0 saturated heterocycles. The van der Waals surface area contributed by atoms with Crippen molar-refractivity contribution in [2.45, 2.75) is 79.1 Å². The summed E-state index contributed by atoms with van der Waals surface area (Å²) in [5.74, 6) is 0.954. The van der Waals surface area contributed by atoms with Crippen molar-refractivity contribution in [1.82, 2.24) is 0 Å². The first kappa shape index (κ1) is 21.1. The van der Waals surface area contributed by atoms with Gasteiger partial charge in [0.05, 0.1) is 12.8 Å². The maximum atomic E-state index is 12.8. The highest BCUT2D eigenvalue weighted by molar-refractivity contribution is 7.53. The predicted molar refractivity (Wildman–Crippen MR) is 92.0 cm³/mol. The Bertz CT molecular complexity index is 281. The number of hydrogen-bond acceptors (Lipinski definition) is 3. The van der Waals surface area contributed by atoms with Gasteiger partial charge in [-0.2, -0.15) is 0 Å². The van der Waals surface area contributed by atoms with Crippen LogP contribution in [0, 0.1) is 11.8 Å². The molecule has 0 bridgehead atoms. The third kappa shape index (κ3) is 9.71. The molecule has 0 aliphatic carbocycles. The van der Waals surface area contributed by atoms with Crippen LogP contribution in [-0.2, 0) is 13.6 Å². The van der Waals surface area contributed by atoms with Crippen molar-refractivity contribution in [1.29, 1.82) is 0 Å². The molecule has 0 spiro atoms. The highest BCUT2D eigenvalue weighted by atomic mass is 31.2. The van der Waals surface area contributed by atoms with E-state index in [1.807, 2.05) is 0 Å². The fourth-order valence-corrected chi connectivity index (χ4v) is 4.40. The molecule has 0 N–H and O–H groups in total. The van der Waals surface area contributed by atoms with Gasteiger partial charge < -0.3 is 9.05 Å². The van der Waals surface area contributed by atoms with Gasteiger partial charge >= 0.3 is 7.60 Å². The monoisotopic (exact) mass is 320 g/mol. The first-order valence-corrected chi connectivity index (χ1v) is 10.6. The van der Waals surface area contributed by atoms with Crippen LogP contribution in [0.3, 0.4) is 0 Å². The summed E-state index contributed by atoms with van der Waals surface area (Å²) < 4.78 is 23.8. The van der Waals surface area contributed by atoms with Crippen molar-refractivity contribution >= 4 is 7.60 Å². The molecular weight excluding hydrogens is 283 g/mol. The van der Waals surface area contributed by atoms with Crippen molar-refractivity contribution < 1.29 is 13.6 Å². The maximum absolute atomic E-state index is 12.8. The van der Waals surface area contributed by atoms with Gasteiger partial charge in [0.25, 0.3) is 0 Å². The summed E-state index contributed by atoms with van der Waals surface area (Å²) in [5, 5.41) is 0. The molecule has 3 unspecified atom stereocenters. The third-order valence-electron chi connectivity index (χ3n) is 4.35. The van der Waals surface area contributed by atoms with Crippen LogP contribution in [-0.4, -0.2) is 19.9 Å². The van der Waals surface area contributed by atoms with E-state index in [2.05, 4.69) is 27.7 Å². The fraction of sp³-hybridized carbons (Fsp3) is 1.00. The van der Waals surface area contributed by atoms with Crippen LogP contribution in [0.4, 0.5) is 0 Å². The van der Waals surface area contributed by atoms with Crippen molar-refractivity contribution in [3.63, 3.8) is 0 Å². The van der Waals surface area contributed by atoms with Gasteiger partial charge in [-0.25, -0.2) is 0 Å². The predicted octanol–water partition coefficient (Wildman–Crippen LogP) is 6.28. The van der Waals surface area contributed by atoms with E-state index in [1.54, 1.807) is 0 Å². The maximum Gasteiger partial charge on any atom is 0.330 e. The standard InChI is InChI=1S/C17H37O3P/c1-6-10-12-16(8-3)14-20-21(18,19-5)15-17(9-4)13-11-7-2/h16-17H,6-15H2,1-5H3. The average Bonchev–Trinajstić information content (AvgIpc) is 2.51. The van der Waals surface area contributed by atoms with Crippen molar-refractivity contribution in [2.24, 2.45) is 11.8 Å². The Balaban J connectivity index is 4.39. The summed E-state index contributed by atoms with van der Waals surface area (Å²) in [6.45, 7) is 9.31. The molecule has 21 heavy (non-hydrogen) atoms. The summed E-state index contributed by atoms with van der Waals surface area (Å²) in [5.41, 5.74) is 0.